The number of rotatable bonds is 6. The molecule has 0 bridgehead atoms. The number of amides is 1. The molecule has 1 aromatic heterocycles. The summed E-state index contributed by atoms with van der Waals surface area (Å²) in [6.07, 6.45) is 0.829. The number of nitrogens with zero attached hydrogens (tertiary/aromatic N) is 2. The normalized spacial score (nSPS) is 10.6. The summed E-state index contributed by atoms with van der Waals surface area (Å²) < 4.78 is 18.0. The Hall–Kier alpha value is -2.73. The van der Waals surface area contributed by atoms with E-state index in [9.17, 15) is 9.18 Å². The highest BCUT2D eigenvalue weighted by Crippen LogP contribution is 2.18. The van der Waals surface area contributed by atoms with Crippen molar-refractivity contribution in [3.8, 4) is 11.4 Å². The third kappa shape index (κ3) is 4.87. The summed E-state index contributed by atoms with van der Waals surface area (Å²) in [7, 11) is 0. The number of halogens is 2. The van der Waals surface area contributed by atoms with Crippen LogP contribution >= 0.6 is 11.6 Å². The summed E-state index contributed by atoms with van der Waals surface area (Å²) in [5, 5.41) is 7.23. The zero-order valence-corrected chi connectivity index (χ0v) is 14.0. The molecule has 0 aliphatic rings. The van der Waals surface area contributed by atoms with Crippen LogP contribution in [-0.4, -0.2) is 16.0 Å². The number of benzene rings is 2. The fourth-order valence-corrected chi connectivity index (χ4v) is 2.34. The first-order chi connectivity index (χ1) is 12.1. The molecule has 1 amide bonds. The molecule has 1 N–H and O–H groups in total. The fraction of sp³-hybridized carbons (Fsp3) is 0.167. The number of hydrogen-bond donors (Lipinski definition) is 1. The number of carbonyl (C=O) groups is 1. The van der Waals surface area contributed by atoms with E-state index < -0.39 is 0 Å². The van der Waals surface area contributed by atoms with Gasteiger partial charge in [-0.3, -0.25) is 4.79 Å². The highest BCUT2D eigenvalue weighted by atomic mass is 35.5. The average Bonchev–Trinajstić information content (AvgIpc) is 3.09. The van der Waals surface area contributed by atoms with E-state index in [1.807, 2.05) is 0 Å². The Kier molecular flexibility index (Phi) is 5.40. The molecular weight excluding hydrogens is 345 g/mol. The Balaban J connectivity index is 1.49. The molecule has 0 saturated carbocycles. The average molecular weight is 360 g/mol. The minimum absolute atomic E-state index is 0.143. The predicted molar refractivity (Wildman–Crippen MR) is 91.3 cm³/mol. The molecule has 0 atom stereocenters. The standard InChI is InChI=1S/C18H15ClFN3O2/c19-14-6-4-13(5-7-14)18-22-17(25-23-18)11-21-16(24)10-3-12-1-8-15(20)9-2-12/h1-2,4-9H,3,10-11H2,(H,21,24). The molecule has 0 fully saturated rings. The molecule has 1 heterocycles. The second kappa shape index (κ2) is 7.90. The Morgan fingerprint density at radius 2 is 1.84 bits per heavy atom. The molecule has 3 aromatic rings. The molecule has 25 heavy (non-hydrogen) atoms. The van der Waals surface area contributed by atoms with Crippen LogP contribution in [0.15, 0.2) is 53.1 Å². The van der Waals surface area contributed by atoms with Crippen molar-refractivity contribution in [2.45, 2.75) is 19.4 Å². The van der Waals surface area contributed by atoms with Gasteiger partial charge in [-0.25, -0.2) is 4.39 Å². The Bertz CT molecular complexity index is 848. The van der Waals surface area contributed by atoms with Crippen LogP contribution in [0.3, 0.4) is 0 Å². The van der Waals surface area contributed by atoms with Gasteiger partial charge < -0.3 is 9.84 Å². The van der Waals surface area contributed by atoms with Gasteiger partial charge in [0.25, 0.3) is 0 Å². The Morgan fingerprint density at radius 1 is 1.12 bits per heavy atom. The maximum atomic E-state index is 12.8. The number of aromatic nitrogens is 2. The SMILES string of the molecule is O=C(CCc1ccc(F)cc1)NCc1nc(-c2ccc(Cl)cc2)no1. The van der Waals surface area contributed by atoms with Crippen LogP contribution in [0.2, 0.25) is 5.02 Å². The highest BCUT2D eigenvalue weighted by molar-refractivity contribution is 6.30. The first-order valence-corrected chi connectivity index (χ1v) is 8.07. The lowest BCUT2D eigenvalue weighted by molar-refractivity contribution is -0.121. The molecule has 0 aliphatic heterocycles. The Morgan fingerprint density at radius 3 is 2.56 bits per heavy atom. The van der Waals surface area contributed by atoms with Crippen molar-refractivity contribution in [3.63, 3.8) is 0 Å². The molecule has 0 saturated heterocycles. The lowest BCUT2D eigenvalue weighted by Gasteiger charge is -2.02. The van der Waals surface area contributed by atoms with E-state index in [1.54, 1.807) is 36.4 Å². The van der Waals surface area contributed by atoms with Gasteiger partial charge in [0.1, 0.15) is 5.82 Å². The van der Waals surface area contributed by atoms with Crippen LogP contribution in [0.1, 0.15) is 17.9 Å². The first kappa shape index (κ1) is 17.1. The van der Waals surface area contributed by atoms with E-state index in [0.717, 1.165) is 11.1 Å². The molecule has 7 heteroatoms. The van der Waals surface area contributed by atoms with Crippen LogP contribution in [0.4, 0.5) is 4.39 Å². The van der Waals surface area contributed by atoms with Crippen LogP contribution in [-0.2, 0) is 17.8 Å². The highest BCUT2D eigenvalue weighted by Gasteiger charge is 2.10. The van der Waals surface area contributed by atoms with Crippen LogP contribution in [0.5, 0.6) is 0 Å². The monoisotopic (exact) mass is 359 g/mol. The zero-order chi connectivity index (χ0) is 17.6. The third-order valence-electron chi connectivity index (χ3n) is 3.56. The molecule has 0 spiro atoms. The first-order valence-electron chi connectivity index (χ1n) is 7.70. The molecule has 3 rings (SSSR count). The summed E-state index contributed by atoms with van der Waals surface area (Å²) in [4.78, 5) is 16.1. The maximum Gasteiger partial charge on any atom is 0.246 e. The molecular formula is C18H15ClFN3O2. The molecule has 0 unspecified atom stereocenters. The van der Waals surface area contributed by atoms with Gasteiger partial charge in [0.15, 0.2) is 0 Å². The minimum atomic E-state index is -0.291. The number of nitrogens with one attached hydrogen (secondary N) is 1. The fourth-order valence-electron chi connectivity index (χ4n) is 2.21. The molecule has 0 aliphatic carbocycles. The van der Waals surface area contributed by atoms with Gasteiger partial charge >= 0.3 is 0 Å². The summed E-state index contributed by atoms with van der Waals surface area (Å²) in [5.41, 5.74) is 1.68. The molecule has 0 radical (unpaired) electrons. The number of hydrogen-bond acceptors (Lipinski definition) is 4. The van der Waals surface area contributed by atoms with Gasteiger partial charge in [0, 0.05) is 17.0 Å². The van der Waals surface area contributed by atoms with Gasteiger partial charge in [0.2, 0.25) is 17.6 Å². The van der Waals surface area contributed by atoms with Crippen molar-refractivity contribution >= 4 is 17.5 Å². The summed E-state index contributed by atoms with van der Waals surface area (Å²) >= 11 is 5.84. The van der Waals surface area contributed by atoms with E-state index in [2.05, 4.69) is 15.5 Å². The number of carbonyl (C=O) groups excluding carboxylic acids is 1. The van der Waals surface area contributed by atoms with E-state index in [1.165, 1.54) is 12.1 Å². The third-order valence-corrected chi connectivity index (χ3v) is 3.81. The van der Waals surface area contributed by atoms with Gasteiger partial charge in [-0.15, -0.1) is 0 Å². The molecule has 128 valence electrons. The van der Waals surface area contributed by atoms with E-state index >= 15 is 0 Å². The van der Waals surface area contributed by atoms with Crippen LogP contribution < -0.4 is 5.32 Å². The van der Waals surface area contributed by atoms with Crippen molar-refractivity contribution < 1.29 is 13.7 Å². The predicted octanol–water partition coefficient (Wildman–Crippen LogP) is 3.78. The molecule has 2 aromatic carbocycles. The second-order valence-corrected chi connectivity index (χ2v) is 5.86. The molecule has 5 nitrogen and oxygen atoms in total. The van der Waals surface area contributed by atoms with Crippen LogP contribution in [0.25, 0.3) is 11.4 Å². The van der Waals surface area contributed by atoms with Crippen molar-refractivity contribution in [1.29, 1.82) is 0 Å². The lowest BCUT2D eigenvalue weighted by atomic mass is 10.1. The Labute approximate surface area is 148 Å². The van der Waals surface area contributed by atoms with Crippen LogP contribution in [0, 0.1) is 5.82 Å². The van der Waals surface area contributed by atoms with Gasteiger partial charge in [-0.1, -0.05) is 28.9 Å². The minimum Gasteiger partial charge on any atom is -0.347 e. The van der Waals surface area contributed by atoms with Crippen molar-refractivity contribution in [3.05, 3.63) is 70.8 Å². The number of aryl methyl sites for hydroxylation is 1. The topological polar surface area (TPSA) is 68.0 Å². The second-order valence-electron chi connectivity index (χ2n) is 5.42. The maximum absolute atomic E-state index is 12.8. The van der Waals surface area contributed by atoms with Gasteiger partial charge in [-0.2, -0.15) is 4.98 Å². The van der Waals surface area contributed by atoms with E-state index in [0.29, 0.717) is 29.6 Å². The van der Waals surface area contributed by atoms with E-state index in [4.69, 9.17) is 16.1 Å². The smallest absolute Gasteiger partial charge is 0.246 e. The van der Waals surface area contributed by atoms with Gasteiger partial charge in [0.05, 0.1) is 6.54 Å². The van der Waals surface area contributed by atoms with Crippen molar-refractivity contribution in [2.75, 3.05) is 0 Å². The summed E-state index contributed by atoms with van der Waals surface area (Å²) in [5.74, 6) is 0.323. The summed E-state index contributed by atoms with van der Waals surface area (Å²) in [6, 6.07) is 13.1. The van der Waals surface area contributed by atoms with Crippen molar-refractivity contribution in [1.82, 2.24) is 15.5 Å². The van der Waals surface area contributed by atoms with Crippen molar-refractivity contribution in [2.24, 2.45) is 0 Å². The van der Waals surface area contributed by atoms with Gasteiger partial charge in [-0.05, 0) is 48.4 Å². The summed E-state index contributed by atoms with van der Waals surface area (Å²) in [6.45, 7) is 0.156. The lowest BCUT2D eigenvalue weighted by Crippen LogP contribution is -2.23. The largest absolute Gasteiger partial charge is 0.347 e. The quantitative estimate of drug-likeness (QED) is 0.727. The zero-order valence-electron chi connectivity index (χ0n) is 13.2. The van der Waals surface area contributed by atoms with E-state index in [-0.39, 0.29) is 18.3 Å².